The van der Waals surface area contributed by atoms with Crippen molar-refractivity contribution >= 4 is 40.1 Å². The van der Waals surface area contributed by atoms with Crippen molar-refractivity contribution in [2.75, 3.05) is 16.0 Å². The lowest BCUT2D eigenvalue weighted by molar-refractivity contribution is -0.137. The average Bonchev–Trinajstić information content (AvgIpc) is 3.34. The molecule has 210 valence electrons. The van der Waals surface area contributed by atoms with Crippen LogP contribution in [0.3, 0.4) is 0 Å². The van der Waals surface area contributed by atoms with Gasteiger partial charge in [-0.15, -0.1) is 0 Å². The first-order valence-electron chi connectivity index (χ1n) is 12.4. The number of benzene rings is 2. The van der Waals surface area contributed by atoms with Gasteiger partial charge in [-0.1, -0.05) is 26.8 Å². The van der Waals surface area contributed by atoms with Crippen molar-refractivity contribution in [1.29, 1.82) is 0 Å². The van der Waals surface area contributed by atoms with Crippen LogP contribution < -0.4 is 21.4 Å². The number of amides is 2. The zero-order valence-electron chi connectivity index (χ0n) is 22.2. The molecule has 0 unspecified atom stereocenters. The number of urea groups is 1. The summed E-state index contributed by atoms with van der Waals surface area (Å²) in [4.78, 5) is 36.3. The number of fused-ring (bicyclic) bond motifs is 1. The standard InChI is InChI=1S/C28H25F3N8O2/c1-27(2,3)21-14-22(39(38-21)19-6-4-5-16(13-19)28(29,30)31)37-26(41)36-18-9-7-17(8-10-18)35-25-23-20(40)11-12-32-24(23)33-15-34-25/h4-15H,1-3H3,(H2,36,37,41)(H2,32,33,34,35,40). The number of alkyl halides is 3. The largest absolute Gasteiger partial charge is 0.416 e. The molecule has 3 aromatic heterocycles. The van der Waals surface area contributed by atoms with Crippen LogP contribution in [0, 0.1) is 0 Å². The Morgan fingerprint density at radius 1 is 0.927 bits per heavy atom. The zero-order valence-corrected chi connectivity index (χ0v) is 22.2. The number of hydrogen-bond donors (Lipinski definition) is 4. The van der Waals surface area contributed by atoms with Gasteiger partial charge in [0.15, 0.2) is 5.43 Å². The molecule has 5 rings (SSSR count). The van der Waals surface area contributed by atoms with E-state index in [1.54, 1.807) is 30.3 Å². The first kappa shape index (κ1) is 27.4. The van der Waals surface area contributed by atoms with Crippen molar-refractivity contribution in [3.63, 3.8) is 0 Å². The summed E-state index contributed by atoms with van der Waals surface area (Å²) in [6.07, 6.45) is -1.70. The van der Waals surface area contributed by atoms with Crippen LogP contribution in [0.15, 0.2) is 78.0 Å². The van der Waals surface area contributed by atoms with Crippen molar-refractivity contribution in [1.82, 2.24) is 24.7 Å². The molecular weight excluding hydrogens is 537 g/mol. The van der Waals surface area contributed by atoms with E-state index in [-0.39, 0.29) is 16.9 Å². The predicted molar refractivity (Wildman–Crippen MR) is 150 cm³/mol. The van der Waals surface area contributed by atoms with Gasteiger partial charge in [0.1, 0.15) is 29.0 Å². The summed E-state index contributed by atoms with van der Waals surface area (Å²) in [7, 11) is 0. The molecule has 0 saturated carbocycles. The normalized spacial score (nSPS) is 11.9. The van der Waals surface area contributed by atoms with E-state index in [2.05, 4.69) is 36.0 Å². The summed E-state index contributed by atoms with van der Waals surface area (Å²) in [5.74, 6) is 0.527. The van der Waals surface area contributed by atoms with Crippen LogP contribution in [0.2, 0.25) is 0 Å². The van der Waals surface area contributed by atoms with Crippen LogP contribution in [0.5, 0.6) is 0 Å². The summed E-state index contributed by atoms with van der Waals surface area (Å²) in [6.45, 7) is 5.73. The molecule has 0 fully saturated rings. The van der Waals surface area contributed by atoms with Gasteiger partial charge in [0.05, 0.1) is 16.9 Å². The number of aromatic nitrogens is 5. The highest BCUT2D eigenvalue weighted by molar-refractivity contribution is 5.99. The van der Waals surface area contributed by atoms with E-state index in [1.165, 1.54) is 35.4 Å². The Kier molecular flexibility index (Phi) is 6.95. The van der Waals surface area contributed by atoms with Gasteiger partial charge < -0.3 is 15.6 Å². The number of H-pyrrole nitrogens is 1. The second-order valence-corrected chi connectivity index (χ2v) is 10.2. The zero-order chi connectivity index (χ0) is 29.4. The molecule has 0 aliphatic heterocycles. The first-order chi connectivity index (χ1) is 19.4. The lowest BCUT2D eigenvalue weighted by atomic mass is 9.92. The minimum atomic E-state index is -4.53. The van der Waals surface area contributed by atoms with Crippen molar-refractivity contribution in [2.45, 2.75) is 32.4 Å². The van der Waals surface area contributed by atoms with E-state index < -0.39 is 23.2 Å². The van der Waals surface area contributed by atoms with Crippen molar-refractivity contribution in [3.05, 3.63) is 94.7 Å². The van der Waals surface area contributed by atoms with Gasteiger partial charge in [-0.05, 0) is 42.5 Å². The monoisotopic (exact) mass is 562 g/mol. The maximum Gasteiger partial charge on any atom is 0.416 e. The maximum absolute atomic E-state index is 13.3. The summed E-state index contributed by atoms with van der Waals surface area (Å²) >= 11 is 0. The minimum Gasteiger partial charge on any atom is -0.346 e. The smallest absolute Gasteiger partial charge is 0.346 e. The molecule has 0 aliphatic rings. The minimum absolute atomic E-state index is 0.150. The molecule has 5 aromatic rings. The average molecular weight is 563 g/mol. The topological polar surface area (TPSA) is 130 Å². The number of rotatable bonds is 5. The molecule has 13 heteroatoms. The molecule has 3 heterocycles. The maximum atomic E-state index is 13.3. The highest BCUT2D eigenvalue weighted by Gasteiger charge is 2.31. The number of anilines is 4. The molecule has 0 aliphatic carbocycles. The fraction of sp³-hybridized carbons (Fsp3) is 0.179. The molecule has 0 bridgehead atoms. The molecule has 0 radical (unpaired) electrons. The summed E-state index contributed by atoms with van der Waals surface area (Å²) < 4.78 is 41.3. The molecule has 4 N–H and O–H groups in total. The number of carbonyl (C=O) groups is 1. The summed E-state index contributed by atoms with van der Waals surface area (Å²) in [5, 5.41) is 13.3. The third kappa shape index (κ3) is 6.03. The summed E-state index contributed by atoms with van der Waals surface area (Å²) in [6, 6.07) is 13.8. The van der Waals surface area contributed by atoms with Gasteiger partial charge in [-0.3, -0.25) is 10.1 Å². The highest BCUT2D eigenvalue weighted by atomic mass is 19.4. The van der Waals surface area contributed by atoms with Gasteiger partial charge in [0.25, 0.3) is 0 Å². The number of halogens is 3. The molecule has 10 nitrogen and oxygen atoms in total. The van der Waals surface area contributed by atoms with Gasteiger partial charge in [-0.25, -0.2) is 19.4 Å². The quantitative estimate of drug-likeness (QED) is 0.202. The van der Waals surface area contributed by atoms with Crippen molar-refractivity contribution in [2.24, 2.45) is 0 Å². The third-order valence-corrected chi connectivity index (χ3v) is 6.09. The van der Waals surface area contributed by atoms with E-state index in [1.807, 2.05) is 20.8 Å². The van der Waals surface area contributed by atoms with E-state index in [4.69, 9.17) is 0 Å². The third-order valence-electron chi connectivity index (χ3n) is 6.09. The highest BCUT2D eigenvalue weighted by Crippen LogP contribution is 2.32. The molecule has 2 aromatic carbocycles. The van der Waals surface area contributed by atoms with Gasteiger partial charge >= 0.3 is 12.2 Å². The van der Waals surface area contributed by atoms with E-state index in [9.17, 15) is 22.8 Å². The number of carbonyl (C=O) groups excluding carboxylic acids is 1. The number of pyridine rings is 1. The van der Waals surface area contributed by atoms with Crippen molar-refractivity contribution < 1.29 is 18.0 Å². The molecule has 2 amide bonds. The number of nitrogens with zero attached hydrogens (tertiary/aromatic N) is 4. The number of hydrogen-bond acceptors (Lipinski definition) is 6. The molecule has 0 spiro atoms. The second kappa shape index (κ2) is 10.4. The Morgan fingerprint density at radius 3 is 2.37 bits per heavy atom. The van der Waals surface area contributed by atoms with Crippen LogP contribution in [0.1, 0.15) is 32.0 Å². The van der Waals surface area contributed by atoms with Crippen LogP contribution >= 0.6 is 0 Å². The van der Waals surface area contributed by atoms with Crippen molar-refractivity contribution in [3.8, 4) is 5.69 Å². The van der Waals surface area contributed by atoms with Crippen LogP contribution in [0.4, 0.5) is 41.0 Å². The Bertz CT molecular complexity index is 1780. The molecule has 41 heavy (non-hydrogen) atoms. The molecular formula is C28H25F3N8O2. The summed E-state index contributed by atoms with van der Waals surface area (Å²) in [5.41, 5.74) is 0.680. The van der Waals surface area contributed by atoms with Crippen LogP contribution in [-0.4, -0.2) is 30.8 Å². The molecule has 0 atom stereocenters. The Morgan fingerprint density at radius 2 is 1.66 bits per heavy atom. The van der Waals surface area contributed by atoms with Crippen LogP contribution in [0.25, 0.3) is 16.7 Å². The lowest BCUT2D eigenvalue weighted by Crippen LogP contribution is -2.21. The van der Waals surface area contributed by atoms with E-state index in [0.29, 0.717) is 33.9 Å². The second-order valence-electron chi connectivity index (χ2n) is 10.2. The fourth-order valence-electron chi connectivity index (χ4n) is 4.00. The Labute approximate surface area is 231 Å². The fourth-order valence-corrected chi connectivity index (χ4v) is 4.00. The van der Waals surface area contributed by atoms with Gasteiger partial charge in [0.2, 0.25) is 0 Å². The van der Waals surface area contributed by atoms with Gasteiger partial charge in [-0.2, -0.15) is 18.3 Å². The van der Waals surface area contributed by atoms with Gasteiger partial charge in [0, 0.05) is 35.1 Å². The lowest BCUT2D eigenvalue weighted by Gasteiger charge is -2.14. The van der Waals surface area contributed by atoms with E-state index in [0.717, 1.165) is 12.1 Å². The van der Waals surface area contributed by atoms with E-state index >= 15 is 0 Å². The Hall–Kier alpha value is -5.20. The van der Waals surface area contributed by atoms with Crippen LogP contribution in [-0.2, 0) is 11.6 Å². The Balaban J connectivity index is 1.34. The molecule has 0 saturated heterocycles. The first-order valence-corrected chi connectivity index (χ1v) is 12.4. The number of aromatic amines is 1. The SMILES string of the molecule is CC(C)(C)c1cc(NC(=O)Nc2ccc(Nc3ncnc4[nH]ccc(=O)c34)cc2)n(-c2cccc(C(F)(F)F)c2)n1. The predicted octanol–water partition coefficient (Wildman–Crippen LogP) is 6.21. The number of nitrogens with one attached hydrogen (secondary N) is 4.